The molecule has 2 aromatic carbocycles. The van der Waals surface area contributed by atoms with Crippen LogP contribution in [0.2, 0.25) is 0 Å². The van der Waals surface area contributed by atoms with Gasteiger partial charge in [-0.25, -0.2) is 4.79 Å². The van der Waals surface area contributed by atoms with Crippen LogP contribution in [0, 0.1) is 0 Å². The number of carbonyl (C=O) groups is 2. The number of aryl methyl sites for hydroxylation is 1. The SMILES string of the molecule is O=C1CN(c2cccc(CCCCOCCCCCCNC[C@H](O)c3ccc(O)c(CO)c3)c2)C(=O)[N]1. The third kappa shape index (κ3) is 9.44. The molecule has 37 heavy (non-hydrogen) atoms. The zero-order chi connectivity index (χ0) is 26.5. The number of carbonyl (C=O) groups excluding carboxylic acids is 2. The van der Waals surface area contributed by atoms with Crippen LogP contribution in [0.25, 0.3) is 0 Å². The number of hydrogen-bond donors (Lipinski definition) is 4. The number of imide groups is 1. The van der Waals surface area contributed by atoms with Gasteiger partial charge in [0.15, 0.2) is 0 Å². The molecule has 1 atom stereocenters. The Morgan fingerprint density at radius 3 is 2.54 bits per heavy atom. The van der Waals surface area contributed by atoms with Crippen LogP contribution in [0.15, 0.2) is 42.5 Å². The van der Waals surface area contributed by atoms with Gasteiger partial charge in [-0.3, -0.25) is 9.69 Å². The number of benzene rings is 2. The lowest BCUT2D eigenvalue weighted by Crippen LogP contribution is -2.25. The number of aliphatic hydroxyl groups is 2. The van der Waals surface area contributed by atoms with Gasteiger partial charge in [0.05, 0.1) is 12.7 Å². The highest BCUT2D eigenvalue weighted by atomic mass is 16.5. The van der Waals surface area contributed by atoms with E-state index in [1.165, 1.54) is 11.0 Å². The number of hydrogen-bond acceptors (Lipinski definition) is 7. The number of nitrogens with one attached hydrogen (secondary N) is 1. The largest absolute Gasteiger partial charge is 0.508 e. The van der Waals surface area contributed by atoms with Gasteiger partial charge < -0.3 is 25.4 Å². The van der Waals surface area contributed by atoms with Crippen molar-refractivity contribution in [3.8, 4) is 5.75 Å². The molecule has 201 valence electrons. The highest BCUT2D eigenvalue weighted by molar-refractivity contribution is 6.11. The zero-order valence-corrected chi connectivity index (χ0v) is 21.3. The fourth-order valence-corrected chi connectivity index (χ4v) is 4.23. The predicted molar refractivity (Wildman–Crippen MR) is 140 cm³/mol. The Morgan fingerprint density at radius 2 is 1.78 bits per heavy atom. The molecule has 9 heteroatoms. The molecule has 0 spiro atoms. The Kier molecular flexibility index (Phi) is 11.8. The van der Waals surface area contributed by atoms with Crippen LogP contribution < -0.4 is 15.5 Å². The molecule has 1 saturated heterocycles. The predicted octanol–water partition coefficient (Wildman–Crippen LogP) is 3.18. The van der Waals surface area contributed by atoms with Gasteiger partial charge in [-0.15, -0.1) is 0 Å². The maximum Gasteiger partial charge on any atom is 0.351 e. The van der Waals surface area contributed by atoms with Crippen LogP contribution in [0.4, 0.5) is 10.5 Å². The lowest BCUT2D eigenvalue weighted by Gasteiger charge is -2.14. The maximum absolute atomic E-state index is 11.8. The Labute approximate surface area is 218 Å². The van der Waals surface area contributed by atoms with Gasteiger partial charge in [0.25, 0.3) is 5.91 Å². The molecule has 1 heterocycles. The lowest BCUT2D eigenvalue weighted by molar-refractivity contribution is -0.117. The molecule has 0 unspecified atom stereocenters. The van der Waals surface area contributed by atoms with E-state index < -0.39 is 18.0 Å². The van der Waals surface area contributed by atoms with Crippen molar-refractivity contribution in [3.63, 3.8) is 0 Å². The summed E-state index contributed by atoms with van der Waals surface area (Å²) < 4.78 is 5.75. The number of aliphatic hydroxyl groups excluding tert-OH is 2. The molecular weight excluding hydrogens is 474 g/mol. The molecule has 1 radical (unpaired) electrons. The molecule has 4 N–H and O–H groups in total. The summed E-state index contributed by atoms with van der Waals surface area (Å²) in [6, 6.07) is 12.0. The van der Waals surface area contributed by atoms with E-state index >= 15 is 0 Å². The lowest BCUT2D eigenvalue weighted by atomic mass is 10.1. The average molecular weight is 513 g/mol. The number of unbranched alkanes of at least 4 members (excludes halogenated alkanes) is 4. The van der Waals surface area contributed by atoms with Crippen molar-refractivity contribution >= 4 is 17.6 Å². The molecule has 3 amide bonds. The third-order valence-electron chi connectivity index (χ3n) is 6.36. The average Bonchev–Trinajstić information content (AvgIpc) is 3.24. The normalized spacial score (nSPS) is 14.3. The summed E-state index contributed by atoms with van der Waals surface area (Å²) in [5.41, 5.74) is 2.93. The minimum Gasteiger partial charge on any atom is -0.508 e. The molecule has 9 nitrogen and oxygen atoms in total. The van der Waals surface area contributed by atoms with E-state index in [0.29, 0.717) is 23.4 Å². The van der Waals surface area contributed by atoms with Crippen molar-refractivity contribution in [1.82, 2.24) is 10.6 Å². The van der Waals surface area contributed by atoms with Gasteiger partial charge in [-0.05, 0) is 74.0 Å². The fourth-order valence-electron chi connectivity index (χ4n) is 4.23. The smallest absolute Gasteiger partial charge is 0.351 e. The first kappa shape index (κ1) is 28.6. The Balaban J connectivity index is 1.15. The maximum atomic E-state index is 11.8. The molecule has 3 rings (SSSR count). The first-order chi connectivity index (χ1) is 18.0. The van der Waals surface area contributed by atoms with Crippen LogP contribution in [-0.2, 0) is 22.6 Å². The summed E-state index contributed by atoms with van der Waals surface area (Å²) >= 11 is 0. The first-order valence-electron chi connectivity index (χ1n) is 13.0. The van der Waals surface area contributed by atoms with E-state index in [2.05, 4.69) is 10.6 Å². The second-order valence-electron chi connectivity index (χ2n) is 9.29. The molecule has 1 aliphatic rings. The van der Waals surface area contributed by atoms with Crippen LogP contribution in [-0.4, -0.2) is 60.1 Å². The van der Waals surface area contributed by atoms with E-state index in [4.69, 9.17) is 4.74 Å². The monoisotopic (exact) mass is 512 g/mol. The number of ether oxygens (including phenoxy) is 1. The summed E-state index contributed by atoms with van der Waals surface area (Å²) in [4.78, 5) is 24.5. The van der Waals surface area contributed by atoms with Crippen molar-refractivity contribution < 1.29 is 29.6 Å². The molecule has 2 aromatic rings. The summed E-state index contributed by atoms with van der Waals surface area (Å²) in [6.07, 6.45) is 6.40. The van der Waals surface area contributed by atoms with E-state index in [0.717, 1.165) is 70.3 Å². The molecule has 0 aliphatic carbocycles. The second kappa shape index (κ2) is 15.3. The number of urea groups is 1. The number of rotatable bonds is 17. The number of nitrogens with zero attached hydrogens (tertiary/aromatic N) is 2. The Hall–Kier alpha value is -2.98. The Morgan fingerprint density at radius 1 is 1.00 bits per heavy atom. The minimum atomic E-state index is -0.681. The van der Waals surface area contributed by atoms with Gasteiger partial charge >= 0.3 is 6.03 Å². The standard InChI is InChI=1S/C28H38N3O6/c32-20-23-17-22(11-12-25(23)33)26(34)18-29-13-4-1-2-5-14-37-15-6-3-8-21-9-7-10-24(16-21)31-19-27(35)30-28(31)36/h7,9-12,16-17,26,29,32-34H,1-6,8,13-15,18-20H2/t26-/m0/s1. The first-order valence-corrected chi connectivity index (χ1v) is 13.0. The van der Waals surface area contributed by atoms with E-state index in [1.54, 1.807) is 12.1 Å². The minimum absolute atomic E-state index is 0.0175. The number of amides is 3. The molecule has 0 saturated carbocycles. The molecular formula is C28H38N3O6. The van der Waals surface area contributed by atoms with E-state index in [1.807, 2.05) is 24.3 Å². The highest BCUT2D eigenvalue weighted by Crippen LogP contribution is 2.22. The van der Waals surface area contributed by atoms with Crippen molar-refractivity contribution in [3.05, 3.63) is 59.2 Å². The summed E-state index contributed by atoms with van der Waals surface area (Å²) in [7, 11) is 0. The van der Waals surface area contributed by atoms with Crippen LogP contribution in [0.5, 0.6) is 5.75 Å². The molecule has 0 aromatic heterocycles. The number of aromatic hydroxyl groups is 1. The van der Waals surface area contributed by atoms with Crippen molar-refractivity contribution in [2.75, 3.05) is 37.7 Å². The zero-order valence-electron chi connectivity index (χ0n) is 21.3. The van der Waals surface area contributed by atoms with Gasteiger partial charge in [-0.1, -0.05) is 31.0 Å². The second-order valence-corrected chi connectivity index (χ2v) is 9.29. The topological polar surface area (TPSA) is 133 Å². The van der Waals surface area contributed by atoms with Crippen LogP contribution in [0.3, 0.4) is 0 Å². The highest BCUT2D eigenvalue weighted by Gasteiger charge is 2.30. The van der Waals surface area contributed by atoms with Crippen LogP contribution in [0.1, 0.15) is 61.3 Å². The third-order valence-corrected chi connectivity index (χ3v) is 6.36. The fraction of sp³-hybridized carbons (Fsp3) is 0.500. The Bertz CT molecular complexity index is 1020. The van der Waals surface area contributed by atoms with Gasteiger partial charge in [0.1, 0.15) is 12.3 Å². The van der Waals surface area contributed by atoms with Gasteiger partial charge in [-0.2, -0.15) is 5.32 Å². The summed E-state index contributed by atoms with van der Waals surface area (Å²) in [5.74, 6) is -0.365. The summed E-state index contributed by atoms with van der Waals surface area (Å²) in [5, 5.41) is 35.8. The molecule has 0 bridgehead atoms. The van der Waals surface area contributed by atoms with Crippen molar-refractivity contribution in [1.29, 1.82) is 0 Å². The van der Waals surface area contributed by atoms with Crippen LogP contribution >= 0.6 is 0 Å². The van der Waals surface area contributed by atoms with Crippen molar-refractivity contribution in [2.24, 2.45) is 0 Å². The van der Waals surface area contributed by atoms with E-state index in [-0.39, 0.29) is 18.9 Å². The van der Waals surface area contributed by atoms with E-state index in [9.17, 15) is 24.9 Å². The quantitative estimate of drug-likeness (QED) is 0.189. The summed E-state index contributed by atoms with van der Waals surface area (Å²) in [6.45, 7) is 2.49. The van der Waals surface area contributed by atoms with Gasteiger partial charge in [0, 0.05) is 31.0 Å². The number of anilines is 1. The van der Waals surface area contributed by atoms with Crippen molar-refractivity contribution in [2.45, 2.75) is 57.7 Å². The molecule has 1 aliphatic heterocycles. The molecule has 1 fully saturated rings. The van der Waals surface area contributed by atoms with Gasteiger partial charge in [0.2, 0.25) is 0 Å². The number of phenols is 1.